The van der Waals surface area contributed by atoms with Gasteiger partial charge < -0.3 is 5.32 Å². The summed E-state index contributed by atoms with van der Waals surface area (Å²) in [5.74, 6) is -1.90. The van der Waals surface area contributed by atoms with Crippen molar-refractivity contribution < 1.29 is 13.6 Å². The highest BCUT2D eigenvalue weighted by molar-refractivity contribution is 9.10. The van der Waals surface area contributed by atoms with Crippen LogP contribution >= 0.6 is 15.9 Å². The molecule has 1 amide bonds. The number of amides is 1. The maximum absolute atomic E-state index is 13.4. The number of hydrogen-bond acceptors (Lipinski definition) is 4. The molecule has 0 aliphatic carbocycles. The molecule has 1 N–H and O–H groups in total. The second-order valence-electron chi connectivity index (χ2n) is 7.69. The van der Waals surface area contributed by atoms with Crippen LogP contribution in [0.3, 0.4) is 0 Å². The predicted octanol–water partition coefficient (Wildman–Crippen LogP) is 4.01. The SMILES string of the molecule is Cc1c(C(=O)NC2CCN(Cc3ccc(F)c(F)c3)CC2)nnn1-c1cccc(Br)c1. The van der Waals surface area contributed by atoms with Crippen molar-refractivity contribution in [2.45, 2.75) is 32.4 Å². The van der Waals surface area contributed by atoms with Crippen LogP contribution in [0.25, 0.3) is 5.69 Å². The van der Waals surface area contributed by atoms with Crippen molar-refractivity contribution >= 4 is 21.8 Å². The lowest BCUT2D eigenvalue weighted by Crippen LogP contribution is -2.44. The Kier molecular flexibility index (Phi) is 6.43. The molecule has 0 radical (unpaired) electrons. The Labute approximate surface area is 187 Å². The summed E-state index contributed by atoms with van der Waals surface area (Å²) in [6.45, 7) is 3.89. The van der Waals surface area contributed by atoms with Crippen LogP contribution in [0.5, 0.6) is 0 Å². The van der Waals surface area contributed by atoms with E-state index in [1.54, 1.807) is 10.7 Å². The molecule has 0 atom stereocenters. The molecule has 0 saturated carbocycles. The maximum atomic E-state index is 13.4. The summed E-state index contributed by atoms with van der Waals surface area (Å²) in [6.07, 6.45) is 1.54. The van der Waals surface area contributed by atoms with E-state index in [0.717, 1.165) is 47.7 Å². The van der Waals surface area contributed by atoms with Gasteiger partial charge in [0.15, 0.2) is 17.3 Å². The topological polar surface area (TPSA) is 63.1 Å². The van der Waals surface area contributed by atoms with Crippen LogP contribution < -0.4 is 5.32 Å². The summed E-state index contributed by atoms with van der Waals surface area (Å²) in [4.78, 5) is 14.9. The Morgan fingerprint density at radius 2 is 1.94 bits per heavy atom. The van der Waals surface area contributed by atoms with Gasteiger partial charge in [-0.15, -0.1) is 5.10 Å². The number of nitrogens with zero attached hydrogens (tertiary/aromatic N) is 4. The van der Waals surface area contributed by atoms with Gasteiger partial charge >= 0.3 is 0 Å². The molecule has 0 unspecified atom stereocenters. The largest absolute Gasteiger partial charge is 0.348 e. The number of benzene rings is 2. The quantitative estimate of drug-likeness (QED) is 0.587. The van der Waals surface area contributed by atoms with Crippen LogP contribution in [0.4, 0.5) is 8.78 Å². The van der Waals surface area contributed by atoms with E-state index >= 15 is 0 Å². The standard InChI is InChI=1S/C22H22BrF2N5O/c1-14-21(27-28-30(14)18-4-2-3-16(23)12-18)22(31)26-17-7-9-29(10-8-17)13-15-5-6-19(24)20(25)11-15/h2-6,11-12,17H,7-10,13H2,1H3,(H,26,31). The van der Waals surface area contributed by atoms with Crippen molar-refractivity contribution in [1.29, 1.82) is 0 Å². The first kappa shape index (κ1) is 21.6. The monoisotopic (exact) mass is 489 g/mol. The Balaban J connectivity index is 1.33. The Hall–Kier alpha value is -2.65. The van der Waals surface area contributed by atoms with E-state index in [-0.39, 0.29) is 11.9 Å². The maximum Gasteiger partial charge on any atom is 0.273 e. The number of aromatic nitrogens is 3. The van der Waals surface area contributed by atoms with Gasteiger partial charge in [-0.25, -0.2) is 13.5 Å². The van der Waals surface area contributed by atoms with Gasteiger partial charge in [-0.2, -0.15) is 0 Å². The van der Waals surface area contributed by atoms with Gasteiger partial charge in [0.25, 0.3) is 5.91 Å². The lowest BCUT2D eigenvalue weighted by atomic mass is 10.0. The molecule has 1 saturated heterocycles. The van der Waals surface area contributed by atoms with Crippen LogP contribution in [-0.4, -0.2) is 44.9 Å². The van der Waals surface area contributed by atoms with Crippen molar-refractivity contribution in [2.24, 2.45) is 0 Å². The highest BCUT2D eigenvalue weighted by Gasteiger charge is 2.24. The summed E-state index contributed by atoms with van der Waals surface area (Å²) in [5, 5.41) is 11.3. The van der Waals surface area contributed by atoms with Gasteiger partial charge in [-0.05, 0) is 55.7 Å². The van der Waals surface area contributed by atoms with E-state index in [4.69, 9.17) is 0 Å². The van der Waals surface area contributed by atoms with E-state index in [1.807, 2.05) is 31.2 Å². The van der Waals surface area contributed by atoms with E-state index in [2.05, 4.69) is 36.5 Å². The van der Waals surface area contributed by atoms with E-state index in [0.29, 0.717) is 17.9 Å². The van der Waals surface area contributed by atoms with Gasteiger partial charge in [0, 0.05) is 30.1 Å². The van der Waals surface area contributed by atoms with Gasteiger partial charge in [0.2, 0.25) is 0 Å². The molecule has 6 nitrogen and oxygen atoms in total. The fourth-order valence-electron chi connectivity index (χ4n) is 3.78. The molecule has 0 spiro atoms. The average Bonchev–Trinajstić information content (AvgIpc) is 3.14. The second kappa shape index (κ2) is 9.23. The average molecular weight is 490 g/mol. The lowest BCUT2D eigenvalue weighted by Gasteiger charge is -2.32. The molecule has 9 heteroatoms. The van der Waals surface area contributed by atoms with Crippen LogP contribution in [0.2, 0.25) is 0 Å². The first-order valence-corrected chi connectivity index (χ1v) is 10.9. The molecular formula is C22H22BrF2N5O. The lowest BCUT2D eigenvalue weighted by molar-refractivity contribution is 0.0903. The van der Waals surface area contributed by atoms with Crippen molar-refractivity contribution in [1.82, 2.24) is 25.2 Å². The third-order valence-corrected chi connectivity index (χ3v) is 5.97. The van der Waals surface area contributed by atoms with Crippen molar-refractivity contribution in [2.75, 3.05) is 13.1 Å². The Morgan fingerprint density at radius 1 is 1.16 bits per heavy atom. The molecule has 162 valence electrons. The Bertz CT molecular complexity index is 1100. The molecule has 2 aromatic carbocycles. The number of likely N-dealkylation sites (tertiary alicyclic amines) is 1. The summed E-state index contributed by atoms with van der Waals surface area (Å²) in [5.41, 5.74) is 2.54. The molecule has 31 heavy (non-hydrogen) atoms. The molecule has 1 aromatic heterocycles. The van der Waals surface area contributed by atoms with E-state index < -0.39 is 11.6 Å². The zero-order valence-electron chi connectivity index (χ0n) is 17.0. The smallest absolute Gasteiger partial charge is 0.273 e. The molecule has 1 aliphatic heterocycles. The fourth-order valence-corrected chi connectivity index (χ4v) is 4.16. The third kappa shape index (κ3) is 4.99. The van der Waals surface area contributed by atoms with Crippen LogP contribution in [0.1, 0.15) is 34.6 Å². The fraction of sp³-hybridized carbons (Fsp3) is 0.318. The van der Waals surface area contributed by atoms with Crippen molar-refractivity contribution in [3.63, 3.8) is 0 Å². The van der Waals surface area contributed by atoms with Gasteiger partial charge in [0.1, 0.15) is 0 Å². The number of nitrogens with one attached hydrogen (secondary N) is 1. The van der Waals surface area contributed by atoms with Crippen molar-refractivity contribution in [3.05, 3.63) is 75.5 Å². The second-order valence-corrected chi connectivity index (χ2v) is 8.60. The number of piperidine rings is 1. The Morgan fingerprint density at radius 3 is 2.65 bits per heavy atom. The van der Waals surface area contributed by atoms with Gasteiger partial charge in [-0.3, -0.25) is 9.69 Å². The van der Waals surface area contributed by atoms with Crippen molar-refractivity contribution in [3.8, 4) is 5.69 Å². The highest BCUT2D eigenvalue weighted by atomic mass is 79.9. The molecule has 1 fully saturated rings. The number of carbonyl (C=O) groups excluding carboxylic acids is 1. The minimum atomic E-state index is -0.836. The summed E-state index contributed by atoms with van der Waals surface area (Å²) >= 11 is 3.44. The minimum Gasteiger partial charge on any atom is -0.348 e. The summed E-state index contributed by atoms with van der Waals surface area (Å²) in [6, 6.07) is 11.6. The normalized spacial score (nSPS) is 15.2. The minimum absolute atomic E-state index is 0.0316. The zero-order chi connectivity index (χ0) is 22.0. The number of hydrogen-bond donors (Lipinski definition) is 1. The van der Waals surface area contributed by atoms with E-state index in [9.17, 15) is 13.6 Å². The molecule has 0 bridgehead atoms. The van der Waals surface area contributed by atoms with Gasteiger partial charge in [0.05, 0.1) is 11.4 Å². The summed E-state index contributed by atoms with van der Waals surface area (Å²) < 4.78 is 29.1. The molecule has 2 heterocycles. The van der Waals surface area contributed by atoms with Crippen LogP contribution in [0, 0.1) is 18.6 Å². The number of halogens is 3. The summed E-state index contributed by atoms with van der Waals surface area (Å²) in [7, 11) is 0. The van der Waals surface area contributed by atoms with Crippen LogP contribution in [0.15, 0.2) is 46.9 Å². The predicted molar refractivity (Wildman–Crippen MR) is 116 cm³/mol. The molecule has 4 rings (SSSR count). The zero-order valence-corrected chi connectivity index (χ0v) is 18.6. The van der Waals surface area contributed by atoms with Crippen LogP contribution in [-0.2, 0) is 6.54 Å². The third-order valence-electron chi connectivity index (χ3n) is 5.48. The number of carbonyl (C=O) groups is 1. The highest BCUT2D eigenvalue weighted by Crippen LogP contribution is 2.19. The van der Waals surface area contributed by atoms with Gasteiger partial charge in [-0.1, -0.05) is 33.3 Å². The molecule has 1 aliphatic rings. The molecular weight excluding hydrogens is 468 g/mol. The first-order valence-electron chi connectivity index (χ1n) is 10.1. The first-order chi connectivity index (χ1) is 14.9. The molecule has 3 aromatic rings. The van der Waals surface area contributed by atoms with E-state index in [1.165, 1.54) is 6.07 Å². The number of rotatable bonds is 5.